The summed E-state index contributed by atoms with van der Waals surface area (Å²) in [7, 11) is 0. The van der Waals surface area contributed by atoms with Crippen molar-refractivity contribution in [2.24, 2.45) is 11.7 Å². The van der Waals surface area contributed by atoms with E-state index in [1.807, 2.05) is 19.9 Å². The fourth-order valence-electron chi connectivity index (χ4n) is 1.20. The van der Waals surface area contributed by atoms with Crippen LogP contribution in [0.1, 0.15) is 19.4 Å². The topological polar surface area (TPSA) is 78.9 Å². The van der Waals surface area contributed by atoms with E-state index >= 15 is 0 Å². The van der Waals surface area contributed by atoms with Gasteiger partial charge in [0.25, 0.3) is 0 Å². The van der Waals surface area contributed by atoms with E-state index in [2.05, 4.69) is 21.2 Å². The lowest BCUT2D eigenvalue weighted by molar-refractivity contribution is -0.118. The molecule has 1 atom stereocenters. The minimum absolute atomic E-state index is 0.0761. The highest BCUT2D eigenvalue weighted by Crippen LogP contribution is 2.23. The van der Waals surface area contributed by atoms with Crippen molar-refractivity contribution in [1.29, 1.82) is 5.26 Å². The SMILES string of the molecule is CC(C)C(N)C(=O)Nc1ccc(C#N)cc1Br. The molecular weight excluding hydrogens is 282 g/mol. The van der Waals surface area contributed by atoms with Crippen LogP contribution in [0.3, 0.4) is 0 Å². The number of nitrogens with zero attached hydrogens (tertiary/aromatic N) is 1. The maximum atomic E-state index is 11.7. The van der Waals surface area contributed by atoms with Gasteiger partial charge >= 0.3 is 0 Å². The maximum absolute atomic E-state index is 11.7. The summed E-state index contributed by atoms with van der Waals surface area (Å²) in [5.41, 5.74) is 6.88. The number of nitrogens with one attached hydrogen (secondary N) is 1. The van der Waals surface area contributed by atoms with Crippen LogP contribution >= 0.6 is 15.9 Å². The zero-order chi connectivity index (χ0) is 13.0. The zero-order valence-corrected chi connectivity index (χ0v) is 11.3. The third kappa shape index (κ3) is 3.55. The highest BCUT2D eigenvalue weighted by molar-refractivity contribution is 9.10. The fourth-order valence-corrected chi connectivity index (χ4v) is 1.68. The third-order valence-electron chi connectivity index (χ3n) is 2.38. The largest absolute Gasteiger partial charge is 0.324 e. The Labute approximate surface area is 109 Å². The summed E-state index contributed by atoms with van der Waals surface area (Å²) in [4.78, 5) is 11.7. The van der Waals surface area contributed by atoms with Crippen LogP contribution in [0.2, 0.25) is 0 Å². The molecule has 0 radical (unpaired) electrons. The third-order valence-corrected chi connectivity index (χ3v) is 3.03. The number of benzene rings is 1. The molecule has 3 N–H and O–H groups in total. The van der Waals surface area contributed by atoms with Crippen molar-refractivity contribution in [3.63, 3.8) is 0 Å². The molecule has 0 spiro atoms. The van der Waals surface area contributed by atoms with Gasteiger partial charge in [-0.25, -0.2) is 0 Å². The minimum atomic E-state index is -0.544. The van der Waals surface area contributed by atoms with E-state index in [0.29, 0.717) is 15.7 Å². The molecule has 0 fully saturated rings. The summed E-state index contributed by atoms with van der Waals surface area (Å²) in [5, 5.41) is 11.4. The van der Waals surface area contributed by atoms with Crippen molar-refractivity contribution < 1.29 is 4.79 Å². The summed E-state index contributed by atoms with van der Waals surface area (Å²) < 4.78 is 0.667. The number of hydrogen-bond acceptors (Lipinski definition) is 3. The van der Waals surface area contributed by atoms with Crippen LogP contribution in [0.25, 0.3) is 0 Å². The number of nitrogens with two attached hydrogens (primary N) is 1. The second-order valence-electron chi connectivity index (χ2n) is 4.07. The van der Waals surface area contributed by atoms with E-state index in [-0.39, 0.29) is 11.8 Å². The molecule has 17 heavy (non-hydrogen) atoms. The Bertz CT molecular complexity index is 465. The van der Waals surface area contributed by atoms with Crippen LogP contribution in [-0.4, -0.2) is 11.9 Å². The Morgan fingerprint density at radius 1 is 1.53 bits per heavy atom. The second kappa shape index (κ2) is 5.80. The molecule has 1 aromatic carbocycles. The van der Waals surface area contributed by atoms with Gasteiger partial charge in [-0.2, -0.15) is 5.26 Å². The van der Waals surface area contributed by atoms with Crippen LogP contribution in [0.4, 0.5) is 5.69 Å². The van der Waals surface area contributed by atoms with Crippen molar-refractivity contribution in [2.45, 2.75) is 19.9 Å². The number of anilines is 1. The van der Waals surface area contributed by atoms with Crippen molar-refractivity contribution >= 4 is 27.5 Å². The molecule has 1 amide bonds. The number of nitriles is 1. The van der Waals surface area contributed by atoms with Gasteiger partial charge < -0.3 is 11.1 Å². The Morgan fingerprint density at radius 2 is 2.18 bits per heavy atom. The van der Waals surface area contributed by atoms with Crippen LogP contribution < -0.4 is 11.1 Å². The lowest BCUT2D eigenvalue weighted by atomic mass is 10.0. The molecule has 0 saturated heterocycles. The normalized spacial score (nSPS) is 12.0. The first kappa shape index (κ1) is 13.7. The minimum Gasteiger partial charge on any atom is -0.324 e. The molecule has 0 aliphatic carbocycles. The zero-order valence-electron chi connectivity index (χ0n) is 9.70. The van der Waals surface area contributed by atoms with Crippen molar-refractivity contribution in [2.75, 3.05) is 5.32 Å². The molecule has 0 aromatic heterocycles. The van der Waals surface area contributed by atoms with Crippen LogP contribution in [0.5, 0.6) is 0 Å². The summed E-state index contributed by atoms with van der Waals surface area (Å²) in [6, 6.07) is 6.44. The molecule has 0 saturated carbocycles. The van der Waals surface area contributed by atoms with Crippen LogP contribution in [0, 0.1) is 17.2 Å². The van der Waals surface area contributed by atoms with E-state index < -0.39 is 6.04 Å². The van der Waals surface area contributed by atoms with Gasteiger partial charge in [0.15, 0.2) is 0 Å². The van der Waals surface area contributed by atoms with Gasteiger partial charge in [0, 0.05) is 4.47 Å². The summed E-state index contributed by atoms with van der Waals surface area (Å²) in [6.45, 7) is 3.77. The van der Waals surface area contributed by atoms with E-state index in [4.69, 9.17) is 11.0 Å². The molecule has 1 rings (SSSR count). The molecule has 5 heteroatoms. The van der Waals surface area contributed by atoms with Crippen LogP contribution in [-0.2, 0) is 4.79 Å². The number of hydrogen-bond donors (Lipinski definition) is 2. The van der Waals surface area contributed by atoms with Crippen molar-refractivity contribution in [3.05, 3.63) is 28.2 Å². The van der Waals surface area contributed by atoms with Crippen molar-refractivity contribution in [3.8, 4) is 6.07 Å². The standard InChI is InChI=1S/C12H14BrN3O/c1-7(2)11(15)12(17)16-10-4-3-8(6-14)5-9(10)13/h3-5,7,11H,15H2,1-2H3,(H,16,17). The Balaban J connectivity index is 2.83. The number of rotatable bonds is 3. The van der Waals surface area contributed by atoms with E-state index in [1.54, 1.807) is 18.2 Å². The molecule has 90 valence electrons. The smallest absolute Gasteiger partial charge is 0.241 e. The molecule has 0 bridgehead atoms. The highest BCUT2D eigenvalue weighted by Gasteiger charge is 2.17. The summed E-state index contributed by atoms with van der Waals surface area (Å²) >= 11 is 3.30. The number of carbonyl (C=O) groups excluding carboxylic acids is 1. The molecule has 0 aliphatic heterocycles. The molecule has 4 nitrogen and oxygen atoms in total. The predicted octanol–water partition coefficient (Wildman–Crippen LogP) is 2.24. The molecule has 1 aromatic rings. The number of amides is 1. The fraction of sp³-hybridized carbons (Fsp3) is 0.333. The first-order chi connectivity index (χ1) is 7.95. The van der Waals surface area contributed by atoms with Gasteiger partial charge in [0.2, 0.25) is 5.91 Å². The van der Waals surface area contributed by atoms with Crippen molar-refractivity contribution in [1.82, 2.24) is 0 Å². The number of carbonyl (C=O) groups is 1. The second-order valence-corrected chi connectivity index (χ2v) is 4.92. The van der Waals surface area contributed by atoms with Gasteiger partial charge in [-0.3, -0.25) is 4.79 Å². The quantitative estimate of drug-likeness (QED) is 0.897. The maximum Gasteiger partial charge on any atom is 0.241 e. The first-order valence-corrected chi connectivity index (χ1v) is 6.01. The molecule has 1 unspecified atom stereocenters. The first-order valence-electron chi connectivity index (χ1n) is 5.21. The predicted molar refractivity (Wildman–Crippen MR) is 70.3 cm³/mol. The van der Waals surface area contributed by atoms with Gasteiger partial charge in [-0.1, -0.05) is 13.8 Å². The molecule has 0 heterocycles. The Hall–Kier alpha value is -1.38. The van der Waals surface area contributed by atoms with E-state index in [1.165, 1.54) is 0 Å². The van der Waals surface area contributed by atoms with Gasteiger partial charge in [0.05, 0.1) is 23.4 Å². The monoisotopic (exact) mass is 295 g/mol. The summed E-state index contributed by atoms with van der Waals surface area (Å²) in [5.74, 6) is -0.155. The summed E-state index contributed by atoms with van der Waals surface area (Å²) in [6.07, 6.45) is 0. The highest BCUT2D eigenvalue weighted by atomic mass is 79.9. The average molecular weight is 296 g/mol. The number of halogens is 1. The lowest BCUT2D eigenvalue weighted by Crippen LogP contribution is -2.39. The Morgan fingerprint density at radius 3 is 2.65 bits per heavy atom. The van der Waals surface area contributed by atoms with Gasteiger partial charge in [-0.15, -0.1) is 0 Å². The van der Waals surface area contributed by atoms with Crippen LogP contribution in [0.15, 0.2) is 22.7 Å². The molecular formula is C12H14BrN3O. The molecule has 0 aliphatic rings. The van der Waals surface area contributed by atoms with E-state index in [0.717, 1.165) is 0 Å². The van der Waals surface area contributed by atoms with Gasteiger partial charge in [-0.05, 0) is 40.0 Å². The lowest BCUT2D eigenvalue weighted by Gasteiger charge is -2.16. The average Bonchev–Trinajstić information content (AvgIpc) is 2.30. The van der Waals surface area contributed by atoms with E-state index in [9.17, 15) is 4.79 Å². The van der Waals surface area contributed by atoms with Gasteiger partial charge in [0.1, 0.15) is 0 Å². The Kier molecular flexibility index (Phi) is 4.67.